The summed E-state index contributed by atoms with van der Waals surface area (Å²) in [5, 5.41) is 22.8. The molecule has 0 fully saturated rings. The average Bonchev–Trinajstić information content (AvgIpc) is 2.97. The van der Waals surface area contributed by atoms with Crippen molar-refractivity contribution in [2.24, 2.45) is 23.3 Å². The van der Waals surface area contributed by atoms with Crippen molar-refractivity contribution in [3.8, 4) is 5.75 Å². The SMILES string of the molecule is CC[C@H](C)[C@H](NC(C)=O)C(=O)N[C@@H](CCCCN)C(=O)N[C@@H](CC(C)C)C(=O)N[C@@H](Cc1ccc(O)cc1)C(=O)NCC(N)=O. The molecule has 1 rings (SSSR count). The second-order valence-corrected chi connectivity index (χ2v) is 11.7. The number of benzene rings is 1. The summed E-state index contributed by atoms with van der Waals surface area (Å²) in [5.74, 6) is -3.78. The van der Waals surface area contributed by atoms with Crippen molar-refractivity contribution in [2.45, 2.75) is 97.3 Å². The van der Waals surface area contributed by atoms with E-state index in [9.17, 15) is 33.9 Å². The van der Waals surface area contributed by atoms with Crippen LogP contribution in [-0.2, 0) is 35.2 Å². The second kappa shape index (κ2) is 20.0. The summed E-state index contributed by atoms with van der Waals surface area (Å²) in [6.07, 6.45) is 2.23. The minimum absolute atomic E-state index is 0.0247. The number of amides is 6. The van der Waals surface area contributed by atoms with Crippen molar-refractivity contribution in [1.29, 1.82) is 0 Å². The van der Waals surface area contributed by atoms with Gasteiger partial charge in [0.15, 0.2) is 0 Å². The predicted octanol–water partition coefficient (Wildman–Crippen LogP) is -0.283. The molecule has 0 heterocycles. The van der Waals surface area contributed by atoms with Crippen LogP contribution >= 0.6 is 0 Å². The number of unbranched alkanes of at least 4 members (excludes halogenated alkanes) is 1. The number of hydrogen-bond acceptors (Lipinski definition) is 8. The number of carbonyl (C=O) groups excluding carboxylic acids is 6. The molecule has 0 aliphatic carbocycles. The molecule has 14 heteroatoms. The fraction of sp³-hybridized carbons (Fsp3) is 0.613. The summed E-state index contributed by atoms with van der Waals surface area (Å²) in [6.45, 7) is 8.70. The van der Waals surface area contributed by atoms with Gasteiger partial charge in [-0.1, -0.05) is 46.2 Å². The first-order valence-electron chi connectivity index (χ1n) is 15.4. The Hall–Kier alpha value is -4.20. The van der Waals surface area contributed by atoms with Gasteiger partial charge in [-0.25, -0.2) is 0 Å². The maximum Gasteiger partial charge on any atom is 0.243 e. The molecule has 6 amide bonds. The van der Waals surface area contributed by atoms with Gasteiger partial charge in [-0.2, -0.15) is 0 Å². The summed E-state index contributed by atoms with van der Waals surface area (Å²) in [6, 6.07) is 1.98. The van der Waals surface area contributed by atoms with Crippen molar-refractivity contribution in [1.82, 2.24) is 26.6 Å². The van der Waals surface area contributed by atoms with Crippen LogP contribution in [0.2, 0.25) is 0 Å². The van der Waals surface area contributed by atoms with Gasteiger partial charge in [-0.3, -0.25) is 28.8 Å². The minimum Gasteiger partial charge on any atom is -0.508 e. The first kappa shape index (κ1) is 38.8. The Labute approximate surface area is 265 Å². The lowest BCUT2D eigenvalue weighted by Gasteiger charge is -2.28. The van der Waals surface area contributed by atoms with Crippen molar-refractivity contribution >= 4 is 35.4 Å². The van der Waals surface area contributed by atoms with Gasteiger partial charge in [0.25, 0.3) is 0 Å². The van der Waals surface area contributed by atoms with Crippen LogP contribution in [0.3, 0.4) is 0 Å². The lowest BCUT2D eigenvalue weighted by Crippen LogP contribution is -2.59. The van der Waals surface area contributed by atoms with E-state index in [-0.39, 0.29) is 42.8 Å². The highest BCUT2D eigenvalue weighted by atomic mass is 16.3. The maximum atomic E-state index is 13.6. The van der Waals surface area contributed by atoms with Crippen molar-refractivity contribution in [3.63, 3.8) is 0 Å². The molecule has 14 nitrogen and oxygen atoms in total. The Morgan fingerprint density at radius 3 is 1.91 bits per heavy atom. The number of nitrogens with one attached hydrogen (secondary N) is 5. The van der Waals surface area contributed by atoms with E-state index in [0.29, 0.717) is 31.4 Å². The molecule has 0 bridgehead atoms. The fourth-order valence-electron chi connectivity index (χ4n) is 4.57. The molecule has 0 saturated carbocycles. The Morgan fingerprint density at radius 2 is 1.38 bits per heavy atom. The normalized spacial score (nSPS) is 14.3. The molecule has 0 aromatic heterocycles. The summed E-state index contributed by atoms with van der Waals surface area (Å²) in [5.41, 5.74) is 11.4. The van der Waals surface area contributed by atoms with Crippen LogP contribution < -0.4 is 38.1 Å². The molecule has 45 heavy (non-hydrogen) atoms. The molecule has 0 spiro atoms. The fourth-order valence-corrected chi connectivity index (χ4v) is 4.57. The smallest absolute Gasteiger partial charge is 0.243 e. The number of phenolic OH excluding ortho intramolecular Hbond substituents is 1. The van der Waals surface area contributed by atoms with Gasteiger partial charge in [0.05, 0.1) is 6.54 Å². The number of aromatic hydroxyl groups is 1. The summed E-state index contributed by atoms with van der Waals surface area (Å²) >= 11 is 0. The zero-order valence-corrected chi connectivity index (χ0v) is 27.0. The Kier molecular flexibility index (Phi) is 17.2. The van der Waals surface area contributed by atoms with E-state index in [1.54, 1.807) is 12.1 Å². The van der Waals surface area contributed by atoms with Crippen molar-refractivity contribution in [2.75, 3.05) is 13.1 Å². The largest absolute Gasteiger partial charge is 0.508 e. The summed E-state index contributed by atoms with van der Waals surface area (Å²) in [4.78, 5) is 76.4. The molecule has 0 radical (unpaired) electrons. The van der Waals surface area contributed by atoms with E-state index in [0.717, 1.165) is 0 Å². The Bertz CT molecular complexity index is 1140. The van der Waals surface area contributed by atoms with Gasteiger partial charge in [0, 0.05) is 13.3 Å². The molecule has 0 aliphatic rings. The first-order valence-corrected chi connectivity index (χ1v) is 15.4. The van der Waals surface area contributed by atoms with Gasteiger partial charge in [-0.05, 0) is 61.8 Å². The molecular formula is C31H51N7O7. The van der Waals surface area contributed by atoms with Crippen LogP contribution in [0, 0.1) is 11.8 Å². The zero-order chi connectivity index (χ0) is 34.1. The van der Waals surface area contributed by atoms with Gasteiger partial charge in [0.1, 0.15) is 29.9 Å². The number of phenols is 1. The zero-order valence-electron chi connectivity index (χ0n) is 27.0. The Morgan fingerprint density at radius 1 is 0.800 bits per heavy atom. The Balaban J connectivity index is 3.23. The van der Waals surface area contributed by atoms with E-state index in [4.69, 9.17) is 11.5 Å². The van der Waals surface area contributed by atoms with Gasteiger partial charge < -0.3 is 43.2 Å². The highest BCUT2D eigenvalue weighted by Crippen LogP contribution is 2.14. The molecule has 252 valence electrons. The number of carbonyl (C=O) groups is 6. The highest BCUT2D eigenvalue weighted by molar-refractivity contribution is 5.96. The molecule has 0 unspecified atom stereocenters. The monoisotopic (exact) mass is 633 g/mol. The number of primary amides is 1. The number of hydrogen-bond donors (Lipinski definition) is 8. The third-order valence-electron chi connectivity index (χ3n) is 7.22. The van der Waals surface area contributed by atoms with Crippen LogP contribution in [-0.4, -0.2) is 77.8 Å². The number of rotatable bonds is 20. The van der Waals surface area contributed by atoms with Crippen molar-refractivity contribution in [3.05, 3.63) is 29.8 Å². The molecule has 0 saturated heterocycles. The summed E-state index contributed by atoms with van der Waals surface area (Å²) < 4.78 is 0. The first-order chi connectivity index (χ1) is 21.2. The standard InChI is InChI=1S/C31H51N7O7/c1-6-19(4)27(35-20(5)39)31(45)36-23(9-7-8-14-32)29(43)37-24(15-18(2)3)30(44)38-25(28(42)34-17-26(33)41)16-21-10-12-22(40)13-11-21/h10-13,18-19,23-25,27,40H,6-9,14-17,32H2,1-5H3,(H2,33,41)(H,34,42)(H,35,39)(H,36,45)(H,37,43)(H,38,44)/t19-,23-,24-,25-,27-/m0/s1. The van der Waals surface area contributed by atoms with Crippen LogP contribution in [0.15, 0.2) is 24.3 Å². The van der Waals surface area contributed by atoms with Gasteiger partial charge >= 0.3 is 0 Å². The van der Waals surface area contributed by atoms with E-state index in [2.05, 4.69) is 26.6 Å². The van der Waals surface area contributed by atoms with E-state index in [1.807, 2.05) is 27.7 Å². The van der Waals surface area contributed by atoms with Crippen LogP contribution in [0.1, 0.15) is 72.3 Å². The highest BCUT2D eigenvalue weighted by Gasteiger charge is 2.32. The maximum absolute atomic E-state index is 13.6. The third-order valence-corrected chi connectivity index (χ3v) is 7.22. The average molecular weight is 634 g/mol. The summed E-state index contributed by atoms with van der Waals surface area (Å²) in [7, 11) is 0. The van der Waals surface area contributed by atoms with E-state index >= 15 is 0 Å². The predicted molar refractivity (Wildman–Crippen MR) is 169 cm³/mol. The lowest BCUT2D eigenvalue weighted by molar-refractivity contribution is -0.135. The molecular weight excluding hydrogens is 582 g/mol. The van der Waals surface area contributed by atoms with Crippen LogP contribution in [0.25, 0.3) is 0 Å². The molecule has 1 aromatic rings. The molecule has 0 aliphatic heterocycles. The van der Waals surface area contributed by atoms with Gasteiger partial charge in [0.2, 0.25) is 35.4 Å². The minimum atomic E-state index is -1.14. The van der Waals surface area contributed by atoms with E-state index < -0.39 is 60.2 Å². The topological polar surface area (TPSA) is 235 Å². The molecule has 10 N–H and O–H groups in total. The third kappa shape index (κ3) is 14.9. The van der Waals surface area contributed by atoms with E-state index in [1.165, 1.54) is 19.1 Å². The van der Waals surface area contributed by atoms with Crippen LogP contribution in [0.4, 0.5) is 0 Å². The van der Waals surface area contributed by atoms with Gasteiger partial charge in [-0.15, -0.1) is 0 Å². The number of nitrogens with two attached hydrogens (primary N) is 2. The second-order valence-electron chi connectivity index (χ2n) is 11.7. The van der Waals surface area contributed by atoms with Crippen molar-refractivity contribution < 1.29 is 33.9 Å². The quantitative estimate of drug-likeness (QED) is 0.0887. The molecule has 5 atom stereocenters. The molecule has 1 aromatic carbocycles. The van der Waals surface area contributed by atoms with Crippen LogP contribution in [0.5, 0.6) is 5.75 Å². The lowest BCUT2D eigenvalue weighted by atomic mass is 9.97.